The molecule has 1 N–H and O–H groups in total. The zero-order valence-corrected chi connectivity index (χ0v) is 12.0. The predicted molar refractivity (Wildman–Crippen MR) is 82.7 cm³/mol. The normalized spacial score (nSPS) is 10.4. The molecule has 0 unspecified atom stereocenters. The van der Waals surface area contributed by atoms with Gasteiger partial charge >= 0.3 is 0 Å². The highest BCUT2D eigenvalue weighted by molar-refractivity contribution is 6.07. The van der Waals surface area contributed by atoms with Crippen molar-refractivity contribution in [1.29, 1.82) is 0 Å². The van der Waals surface area contributed by atoms with E-state index in [9.17, 15) is 19.7 Å². The fourth-order valence-corrected chi connectivity index (χ4v) is 1.76. The molecule has 0 saturated carbocycles. The molecular formula is C16H13N3O4. The van der Waals surface area contributed by atoms with E-state index in [0.29, 0.717) is 5.69 Å². The van der Waals surface area contributed by atoms with Crippen LogP contribution in [0.1, 0.15) is 16.1 Å². The van der Waals surface area contributed by atoms with Gasteiger partial charge in [-0.15, -0.1) is 0 Å². The van der Waals surface area contributed by atoms with Gasteiger partial charge in [-0.25, -0.2) is 0 Å². The van der Waals surface area contributed by atoms with Crippen molar-refractivity contribution in [3.8, 4) is 0 Å². The van der Waals surface area contributed by atoms with Crippen LogP contribution in [0.4, 0.5) is 5.69 Å². The molecule has 0 aliphatic carbocycles. The number of amides is 1. The van der Waals surface area contributed by atoms with Crippen LogP contribution in [0.15, 0.2) is 60.8 Å². The first-order valence-electron chi connectivity index (χ1n) is 6.71. The first-order valence-corrected chi connectivity index (χ1v) is 6.71. The Morgan fingerprint density at radius 3 is 2.70 bits per heavy atom. The number of hydrogen-bond acceptors (Lipinski definition) is 5. The van der Waals surface area contributed by atoms with Gasteiger partial charge in [0.2, 0.25) is 5.91 Å². The second-order valence-electron chi connectivity index (χ2n) is 4.54. The van der Waals surface area contributed by atoms with Gasteiger partial charge in [-0.05, 0) is 18.2 Å². The number of aromatic nitrogens is 1. The van der Waals surface area contributed by atoms with E-state index < -0.39 is 16.6 Å². The second-order valence-corrected chi connectivity index (χ2v) is 4.54. The molecule has 116 valence electrons. The van der Waals surface area contributed by atoms with Gasteiger partial charge in [0.25, 0.3) is 5.69 Å². The summed E-state index contributed by atoms with van der Waals surface area (Å²) in [7, 11) is 0. The number of rotatable bonds is 6. The molecule has 0 aliphatic rings. The number of nitrogens with one attached hydrogen (secondary N) is 1. The third-order valence-electron chi connectivity index (χ3n) is 2.90. The fraction of sp³-hybridized carbons (Fsp3) is 0.0625. The van der Waals surface area contributed by atoms with Gasteiger partial charge in [-0.2, -0.15) is 0 Å². The molecule has 1 aromatic carbocycles. The standard InChI is InChI=1S/C16H13N3O4/c20-15(12-4-3-6-14(10-12)19(22)23)7-8-16(21)18-11-13-5-1-2-9-17-13/h1-10H,11H2,(H,18,21). The van der Waals surface area contributed by atoms with E-state index >= 15 is 0 Å². The number of nitrogens with zero attached hydrogens (tertiary/aromatic N) is 2. The Morgan fingerprint density at radius 2 is 2.00 bits per heavy atom. The Morgan fingerprint density at radius 1 is 1.17 bits per heavy atom. The molecule has 0 saturated heterocycles. The van der Waals surface area contributed by atoms with Gasteiger partial charge in [0.05, 0.1) is 17.2 Å². The second kappa shape index (κ2) is 7.60. The molecule has 2 aromatic rings. The predicted octanol–water partition coefficient (Wildman–Crippen LogP) is 2.05. The van der Waals surface area contributed by atoms with Crippen LogP contribution < -0.4 is 5.32 Å². The number of carbonyl (C=O) groups is 2. The number of carbonyl (C=O) groups excluding carboxylic acids is 2. The van der Waals surface area contributed by atoms with Crippen molar-refractivity contribution in [3.63, 3.8) is 0 Å². The Kier molecular flexibility index (Phi) is 5.30. The van der Waals surface area contributed by atoms with E-state index in [1.165, 1.54) is 24.3 Å². The molecular weight excluding hydrogens is 298 g/mol. The van der Waals surface area contributed by atoms with Crippen molar-refractivity contribution in [3.05, 3.63) is 82.2 Å². The summed E-state index contributed by atoms with van der Waals surface area (Å²) in [6, 6.07) is 10.7. The number of nitro groups is 1. The summed E-state index contributed by atoms with van der Waals surface area (Å²) in [5.74, 6) is -0.934. The molecule has 0 spiro atoms. The Balaban J connectivity index is 1.94. The van der Waals surface area contributed by atoms with Gasteiger partial charge in [-0.3, -0.25) is 24.7 Å². The van der Waals surface area contributed by atoms with Crippen molar-refractivity contribution >= 4 is 17.4 Å². The first-order chi connectivity index (χ1) is 11.1. The molecule has 0 bridgehead atoms. The van der Waals surface area contributed by atoms with E-state index in [-0.39, 0.29) is 17.8 Å². The first kappa shape index (κ1) is 16.0. The molecule has 0 fully saturated rings. The highest BCUT2D eigenvalue weighted by Crippen LogP contribution is 2.13. The minimum Gasteiger partial charge on any atom is -0.347 e. The Hall–Kier alpha value is -3.35. The summed E-state index contributed by atoms with van der Waals surface area (Å²) in [6.45, 7) is 0.245. The van der Waals surface area contributed by atoms with Gasteiger partial charge in [0.15, 0.2) is 5.78 Å². The summed E-state index contributed by atoms with van der Waals surface area (Å²) < 4.78 is 0. The molecule has 1 aromatic heterocycles. The number of hydrogen-bond donors (Lipinski definition) is 1. The number of ketones is 1. The third-order valence-corrected chi connectivity index (χ3v) is 2.90. The molecule has 23 heavy (non-hydrogen) atoms. The topological polar surface area (TPSA) is 102 Å². The highest BCUT2D eigenvalue weighted by atomic mass is 16.6. The van der Waals surface area contributed by atoms with Crippen molar-refractivity contribution in [2.45, 2.75) is 6.54 Å². The monoisotopic (exact) mass is 311 g/mol. The maximum absolute atomic E-state index is 11.9. The quantitative estimate of drug-likeness (QED) is 0.380. The minimum atomic E-state index is -0.583. The van der Waals surface area contributed by atoms with Gasteiger partial charge in [0.1, 0.15) is 0 Å². The van der Waals surface area contributed by atoms with Crippen molar-refractivity contribution in [2.75, 3.05) is 0 Å². The summed E-state index contributed by atoms with van der Waals surface area (Å²) >= 11 is 0. The number of pyridine rings is 1. The summed E-state index contributed by atoms with van der Waals surface area (Å²) in [6.07, 6.45) is 3.78. The number of benzene rings is 1. The molecule has 0 aliphatic heterocycles. The SMILES string of the molecule is O=C(C=CC(=O)c1cccc([N+](=O)[O-])c1)NCc1ccccn1. The lowest BCUT2D eigenvalue weighted by Gasteiger charge is -2.01. The van der Waals surface area contributed by atoms with Gasteiger partial charge in [-0.1, -0.05) is 18.2 Å². The maximum Gasteiger partial charge on any atom is 0.270 e. The molecule has 7 nitrogen and oxygen atoms in total. The number of nitro benzene ring substituents is 1. The zero-order chi connectivity index (χ0) is 16.7. The van der Waals surface area contributed by atoms with E-state index in [4.69, 9.17) is 0 Å². The van der Waals surface area contributed by atoms with Crippen LogP contribution in [0.2, 0.25) is 0 Å². The molecule has 7 heteroatoms. The van der Waals surface area contributed by atoms with Crippen LogP contribution in [0, 0.1) is 10.1 Å². The zero-order valence-electron chi connectivity index (χ0n) is 12.0. The van der Waals surface area contributed by atoms with E-state index in [0.717, 1.165) is 12.2 Å². The van der Waals surface area contributed by atoms with Crippen LogP contribution in [-0.2, 0) is 11.3 Å². The van der Waals surface area contributed by atoms with Crippen LogP contribution in [0.3, 0.4) is 0 Å². The lowest BCUT2D eigenvalue weighted by molar-refractivity contribution is -0.384. The summed E-state index contributed by atoms with van der Waals surface area (Å²) in [5, 5.41) is 13.3. The highest BCUT2D eigenvalue weighted by Gasteiger charge is 2.09. The van der Waals surface area contributed by atoms with Crippen LogP contribution >= 0.6 is 0 Å². The molecule has 1 amide bonds. The lowest BCUT2D eigenvalue weighted by atomic mass is 10.1. The molecule has 2 rings (SSSR count). The summed E-state index contributed by atoms with van der Waals surface area (Å²) in [4.78, 5) is 37.7. The molecule has 0 atom stereocenters. The molecule has 1 heterocycles. The van der Waals surface area contributed by atoms with E-state index in [1.54, 1.807) is 24.4 Å². The maximum atomic E-state index is 11.9. The average molecular weight is 311 g/mol. The largest absolute Gasteiger partial charge is 0.347 e. The van der Waals surface area contributed by atoms with Gasteiger partial charge in [0, 0.05) is 30.0 Å². The van der Waals surface area contributed by atoms with Crippen molar-refractivity contribution in [2.24, 2.45) is 0 Å². The number of non-ortho nitro benzene ring substituents is 1. The third kappa shape index (κ3) is 4.85. The van der Waals surface area contributed by atoms with Crippen LogP contribution in [0.25, 0.3) is 0 Å². The Labute approximate surface area is 131 Å². The smallest absolute Gasteiger partial charge is 0.270 e. The molecule has 0 radical (unpaired) electrons. The lowest BCUT2D eigenvalue weighted by Crippen LogP contribution is -2.21. The van der Waals surface area contributed by atoms with Gasteiger partial charge < -0.3 is 5.32 Å². The minimum absolute atomic E-state index is 0.146. The van der Waals surface area contributed by atoms with Crippen LogP contribution in [-0.4, -0.2) is 21.6 Å². The van der Waals surface area contributed by atoms with E-state index in [1.807, 2.05) is 0 Å². The fourth-order valence-electron chi connectivity index (χ4n) is 1.76. The summed E-state index contributed by atoms with van der Waals surface area (Å²) in [5.41, 5.74) is 0.663. The van der Waals surface area contributed by atoms with Crippen molar-refractivity contribution in [1.82, 2.24) is 10.3 Å². The number of allylic oxidation sites excluding steroid dienone is 1. The Bertz CT molecular complexity index is 757. The van der Waals surface area contributed by atoms with E-state index in [2.05, 4.69) is 10.3 Å². The van der Waals surface area contributed by atoms with Crippen LogP contribution in [0.5, 0.6) is 0 Å². The average Bonchev–Trinajstić information content (AvgIpc) is 2.58. The van der Waals surface area contributed by atoms with Crippen molar-refractivity contribution < 1.29 is 14.5 Å².